The lowest BCUT2D eigenvalue weighted by molar-refractivity contribution is -0.127. The lowest BCUT2D eigenvalue weighted by Gasteiger charge is -2.22. The molecule has 2 unspecified atom stereocenters. The van der Waals surface area contributed by atoms with Gasteiger partial charge in [0.05, 0.1) is 24.5 Å². The highest BCUT2D eigenvalue weighted by Crippen LogP contribution is 2.28. The Morgan fingerprint density at radius 1 is 0.944 bits per heavy atom. The molecule has 0 aromatic heterocycles. The number of sulfonamides is 1. The molecule has 0 bridgehead atoms. The Morgan fingerprint density at radius 3 is 2.19 bits per heavy atom. The van der Waals surface area contributed by atoms with Gasteiger partial charge in [-0.3, -0.25) is 9.52 Å². The number of aliphatic hydroxyl groups is 1. The van der Waals surface area contributed by atoms with Crippen molar-refractivity contribution < 1.29 is 23.4 Å². The Balaban J connectivity index is 1.77. The second-order valence-electron chi connectivity index (χ2n) is 9.02. The minimum atomic E-state index is -3.59. The van der Waals surface area contributed by atoms with E-state index in [4.69, 9.17) is 0 Å². The number of likely N-dealkylation sites (N-methyl/N-ethyl adjacent to an activating group) is 1. The molecule has 3 aromatic rings. The largest absolute Gasteiger partial charge is 0.506 e. The Kier molecular flexibility index (Phi) is 9.08. The number of hydrogen-bond donors (Lipinski definition) is 4. The van der Waals surface area contributed by atoms with Crippen molar-refractivity contribution in [3.05, 3.63) is 95.1 Å². The Bertz CT molecular complexity index is 1260. The fourth-order valence-corrected chi connectivity index (χ4v) is 4.34. The van der Waals surface area contributed by atoms with Crippen LogP contribution in [0.2, 0.25) is 0 Å². The van der Waals surface area contributed by atoms with Crippen molar-refractivity contribution in [3.8, 4) is 5.75 Å². The summed E-state index contributed by atoms with van der Waals surface area (Å²) in [7, 11) is -0.121. The second-order valence-corrected chi connectivity index (χ2v) is 10.8. The number of benzene rings is 3. The molecule has 9 heteroatoms. The van der Waals surface area contributed by atoms with Crippen molar-refractivity contribution in [2.75, 3.05) is 31.6 Å². The lowest BCUT2D eigenvalue weighted by Crippen LogP contribution is -2.28. The van der Waals surface area contributed by atoms with Crippen LogP contribution in [0.1, 0.15) is 34.4 Å². The van der Waals surface area contributed by atoms with Crippen molar-refractivity contribution in [2.24, 2.45) is 0 Å². The SMILES string of the molecule is CN(C)C(=O)Cc1ccc(C(Cc2ccccc2)NCC(O)c2ccc(O)c(NS(C)(=O)=O)c2)cc1. The van der Waals surface area contributed by atoms with Crippen LogP contribution in [0.5, 0.6) is 5.75 Å². The number of rotatable bonds is 11. The van der Waals surface area contributed by atoms with Crippen molar-refractivity contribution in [3.63, 3.8) is 0 Å². The van der Waals surface area contributed by atoms with Crippen LogP contribution in [-0.2, 0) is 27.7 Å². The van der Waals surface area contributed by atoms with E-state index in [9.17, 15) is 23.4 Å². The van der Waals surface area contributed by atoms with Crippen LogP contribution < -0.4 is 10.0 Å². The van der Waals surface area contributed by atoms with Crippen molar-refractivity contribution >= 4 is 21.6 Å². The zero-order chi connectivity index (χ0) is 26.3. The first kappa shape index (κ1) is 27.2. The molecule has 0 heterocycles. The fourth-order valence-electron chi connectivity index (χ4n) is 3.77. The van der Waals surface area contributed by atoms with Crippen LogP contribution in [0.4, 0.5) is 5.69 Å². The van der Waals surface area contributed by atoms with Gasteiger partial charge in [0.15, 0.2) is 0 Å². The van der Waals surface area contributed by atoms with E-state index in [0.29, 0.717) is 18.4 Å². The molecule has 0 saturated heterocycles. The number of carbonyl (C=O) groups excluding carboxylic acids is 1. The maximum atomic E-state index is 12.0. The summed E-state index contributed by atoms with van der Waals surface area (Å²) in [4.78, 5) is 13.6. The van der Waals surface area contributed by atoms with E-state index in [2.05, 4.69) is 10.0 Å². The van der Waals surface area contributed by atoms with Crippen LogP contribution in [0.3, 0.4) is 0 Å². The summed E-state index contributed by atoms with van der Waals surface area (Å²) in [5.41, 5.74) is 3.53. The number of nitrogens with one attached hydrogen (secondary N) is 2. The summed E-state index contributed by atoms with van der Waals surface area (Å²) in [6.07, 6.45) is 1.06. The normalized spacial score (nSPS) is 13.1. The van der Waals surface area contributed by atoms with E-state index in [1.807, 2.05) is 54.6 Å². The van der Waals surface area contributed by atoms with E-state index in [1.165, 1.54) is 12.1 Å². The van der Waals surface area contributed by atoms with Gasteiger partial charge in [-0.05, 0) is 40.8 Å². The molecule has 0 aliphatic carbocycles. The van der Waals surface area contributed by atoms with Crippen molar-refractivity contribution in [1.82, 2.24) is 10.2 Å². The summed E-state index contributed by atoms with van der Waals surface area (Å²) in [5, 5.41) is 24.2. The van der Waals surface area contributed by atoms with Crippen LogP contribution in [0.15, 0.2) is 72.8 Å². The van der Waals surface area contributed by atoms with Gasteiger partial charge in [-0.2, -0.15) is 0 Å². The first-order valence-electron chi connectivity index (χ1n) is 11.6. The lowest BCUT2D eigenvalue weighted by atomic mass is 9.96. The van der Waals surface area contributed by atoms with Gasteiger partial charge >= 0.3 is 0 Å². The zero-order valence-corrected chi connectivity index (χ0v) is 21.5. The molecule has 0 aliphatic heterocycles. The number of amides is 1. The first-order valence-corrected chi connectivity index (χ1v) is 13.5. The molecule has 0 spiro atoms. The van der Waals surface area contributed by atoms with Crippen LogP contribution >= 0.6 is 0 Å². The predicted molar refractivity (Wildman–Crippen MR) is 141 cm³/mol. The number of aromatic hydroxyl groups is 1. The van der Waals surface area contributed by atoms with E-state index in [0.717, 1.165) is 22.9 Å². The van der Waals surface area contributed by atoms with Gasteiger partial charge in [-0.25, -0.2) is 8.42 Å². The first-order chi connectivity index (χ1) is 17.0. The smallest absolute Gasteiger partial charge is 0.229 e. The highest BCUT2D eigenvalue weighted by molar-refractivity contribution is 7.92. The van der Waals surface area contributed by atoms with Gasteiger partial charge in [0.25, 0.3) is 0 Å². The number of phenolic OH excluding ortho intramolecular Hbond substituents is 1. The average Bonchev–Trinajstić information content (AvgIpc) is 2.83. The fraction of sp³-hybridized carbons (Fsp3) is 0.296. The number of phenols is 1. The summed E-state index contributed by atoms with van der Waals surface area (Å²) in [6.45, 7) is 0.196. The number of anilines is 1. The van der Waals surface area contributed by atoms with E-state index in [1.54, 1.807) is 25.1 Å². The highest BCUT2D eigenvalue weighted by atomic mass is 32.2. The van der Waals surface area contributed by atoms with Crippen LogP contribution in [-0.4, -0.2) is 56.3 Å². The molecule has 0 aliphatic rings. The molecule has 3 aromatic carbocycles. The number of hydrogen-bond acceptors (Lipinski definition) is 6. The zero-order valence-electron chi connectivity index (χ0n) is 20.7. The number of nitrogens with zero attached hydrogens (tertiary/aromatic N) is 1. The van der Waals surface area contributed by atoms with Gasteiger partial charge in [0.1, 0.15) is 5.75 Å². The third-order valence-electron chi connectivity index (χ3n) is 5.78. The van der Waals surface area contributed by atoms with Gasteiger partial charge < -0.3 is 20.4 Å². The molecule has 0 fully saturated rings. The second kappa shape index (κ2) is 12.0. The third-order valence-corrected chi connectivity index (χ3v) is 6.37. The minimum Gasteiger partial charge on any atom is -0.506 e. The molecule has 0 saturated carbocycles. The Morgan fingerprint density at radius 2 is 1.58 bits per heavy atom. The molecule has 36 heavy (non-hydrogen) atoms. The Labute approximate surface area is 212 Å². The highest BCUT2D eigenvalue weighted by Gasteiger charge is 2.17. The maximum Gasteiger partial charge on any atom is 0.229 e. The molecule has 2 atom stereocenters. The Hall–Kier alpha value is -3.40. The molecule has 192 valence electrons. The monoisotopic (exact) mass is 511 g/mol. The maximum absolute atomic E-state index is 12.0. The number of carbonyl (C=O) groups is 1. The molecular formula is C27H33N3O5S. The molecule has 8 nitrogen and oxygen atoms in total. The molecular weight excluding hydrogens is 478 g/mol. The molecule has 3 rings (SSSR count). The van der Waals surface area contributed by atoms with E-state index in [-0.39, 0.29) is 29.9 Å². The molecule has 0 radical (unpaired) electrons. The van der Waals surface area contributed by atoms with Gasteiger partial charge in [0.2, 0.25) is 15.9 Å². The number of aliphatic hydroxyl groups excluding tert-OH is 1. The average molecular weight is 512 g/mol. The third kappa shape index (κ3) is 8.08. The molecule has 4 N–H and O–H groups in total. The van der Waals surface area contributed by atoms with E-state index >= 15 is 0 Å². The standard InChI is InChI=1S/C27H33N3O5S/c1-30(2)27(33)16-20-9-11-21(12-10-20)23(15-19-7-5-4-6-8-19)28-18-26(32)22-13-14-25(31)24(17-22)29-36(3,34)35/h4-14,17,23,26,28-29,31-32H,15-16,18H2,1-3H3. The van der Waals surface area contributed by atoms with Crippen molar-refractivity contribution in [1.29, 1.82) is 0 Å². The quantitative estimate of drug-likeness (QED) is 0.294. The summed E-state index contributed by atoms with van der Waals surface area (Å²) >= 11 is 0. The van der Waals surface area contributed by atoms with Crippen molar-refractivity contribution in [2.45, 2.75) is 25.0 Å². The van der Waals surface area contributed by atoms with Gasteiger partial charge in [0, 0.05) is 26.7 Å². The predicted octanol–water partition coefficient (Wildman–Crippen LogP) is 3.00. The summed E-state index contributed by atoms with van der Waals surface area (Å²) in [5.74, 6) is -0.192. The van der Waals surface area contributed by atoms with Crippen LogP contribution in [0.25, 0.3) is 0 Å². The van der Waals surface area contributed by atoms with Crippen LogP contribution in [0, 0.1) is 0 Å². The van der Waals surface area contributed by atoms with Gasteiger partial charge in [-0.1, -0.05) is 60.7 Å². The molecule has 1 amide bonds. The van der Waals surface area contributed by atoms with Gasteiger partial charge in [-0.15, -0.1) is 0 Å². The van der Waals surface area contributed by atoms with E-state index < -0.39 is 16.1 Å². The topological polar surface area (TPSA) is 119 Å². The minimum absolute atomic E-state index is 0.0118. The summed E-state index contributed by atoms with van der Waals surface area (Å²) < 4.78 is 25.4. The summed E-state index contributed by atoms with van der Waals surface area (Å²) in [6, 6.07) is 22.0.